The number of ether oxygens (including phenoxy) is 1. The summed E-state index contributed by atoms with van der Waals surface area (Å²) in [5.41, 5.74) is -0.459. The molecule has 21 heavy (non-hydrogen) atoms. The van der Waals surface area contributed by atoms with Crippen LogP contribution in [-0.2, 0) is 4.79 Å². The minimum absolute atomic E-state index is 0.105. The fourth-order valence-electron chi connectivity index (χ4n) is 1.50. The molecule has 1 aromatic carbocycles. The molecule has 0 aliphatic carbocycles. The molecule has 7 heteroatoms. The van der Waals surface area contributed by atoms with Gasteiger partial charge in [0, 0.05) is 24.4 Å². The molecule has 116 valence electrons. The largest absolute Gasteiger partial charge is 0.487 e. The highest BCUT2D eigenvalue weighted by Gasteiger charge is 2.27. The number of benzene rings is 1. The molecule has 0 unspecified atom stereocenters. The van der Waals surface area contributed by atoms with Crippen LogP contribution in [0.5, 0.6) is 5.75 Å². The molecule has 0 atom stereocenters. The maximum Gasteiger partial charge on any atom is 0.311 e. The Kier molecular flexibility index (Phi) is 5.52. The zero-order chi connectivity index (χ0) is 16.0. The van der Waals surface area contributed by atoms with Crippen molar-refractivity contribution in [2.24, 2.45) is 5.41 Å². The number of carbonyl (C=O) groups is 1. The van der Waals surface area contributed by atoms with Crippen LogP contribution in [0, 0.1) is 15.5 Å². The highest BCUT2D eigenvalue weighted by Crippen LogP contribution is 2.30. The molecule has 0 aromatic heterocycles. The molecule has 0 amide bonds. The van der Waals surface area contributed by atoms with Gasteiger partial charge in [-0.2, -0.15) is 0 Å². The van der Waals surface area contributed by atoms with Gasteiger partial charge in [0.1, 0.15) is 0 Å². The molecule has 7 nitrogen and oxygen atoms in total. The molecular weight excluding hydrogens is 276 g/mol. The van der Waals surface area contributed by atoms with E-state index in [-0.39, 0.29) is 18.0 Å². The molecular formula is C14H20N2O5. The quantitative estimate of drug-likeness (QED) is 0.565. The first-order valence-corrected chi connectivity index (χ1v) is 6.66. The second kappa shape index (κ2) is 6.92. The van der Waals surface area contributed by atoms with Crippen LogP contribution in [0.3, 0.4) is 0 Å². The van der Waals surface area contributed by atoms with Crippen molar-refractivity contribution in [2.75, 3.05) is 18.5 Å². The van der Waals surface area contributed by atoms with Crippen LogP contribution in [0.15, 0.2) is 18.2 Å². The van der Waals surface area contributed by atoms with Gasteiger partial charge < -0.3 is 15.2 Å². The first kappa shape index (κ1) is 16.7. The van der Waals surface area contributed by atoms with Crippen molar-refractivity contribution >= 4 is 17.3 Å². The number of rotatable bonds is 8. The Morgan fingerprint density at radius 3 is 2.67 bits per heavy atom. The third-order valence-electron chi connectivity index (χ3n) is 2.93. The van der Waals surface area contributed by atoms with E-state index in [9.17, 15) is 14.9 Å². The molecule has 0 fully saturated rings. The summed E-state index contributed by atoms with van der Waals surface area (Å²) in [4.78, 5) is 21.5. The standard InChI is InChI=1S/C14H20N2O5/c1-4-7-21-12-8-10(5-6-11(12)16(19)20)15-9-14(2,3)13(17)18/h5-6,8,15H,4,7,9H2,1-3H3,(H,17,18). The van der Waals surface area contributed by atoms with Gasteiger partial charge in [-0.15, -0.1) is 0 Å². The second-order valence-corrected chi connectivity index (χ2v) is 5.33. The van der Waals surface area contributed by atoms with Crippen molar-refractivity contribution in [1.29, 1.82) is 0 Å². The van der Waals surface area contributed by atoms with Gasteiger partial charge in [0.25, 0.3) is 0 Å². The first-order chi connectivity index (χ1) is 9.77. The lowest BCUT2D eigenvalue weighted by atomic mass is 9.94. The van der Waals surface area contributed by atoms with E-state index in [1.54, 1.807) is 13.8 Å². The second-order valence-electron chi connectivity index (χ2n) is 5.33. The highest BCUT2D eigenvalue weighted by molar-refractivity contribution is 5.74. The molecule has 0 radical (unpaired) electrons. The van der Waals surface area contributed by atoms with Crippen LogP contribution in [0.25, 0.3) is 0 Å². The number of hydrogen-bond donors (Lipinski definition) is 2. The van der Waals surface area contributed by atoms with Crippen LogP contribution < -0.4 is 10.1 Å². The molecule has 1 rings (SSSR count). The molecule has 0 bridgehead atoms. The van der Waals surface area contributed by atoms with E-state index in [1.165, 1.54) is 18.2 Å². The number of carboxylic acids is 1. The smallest absolute Gasteiger partial charge is 0.311 e. The summed E-state index contributed by atoms with van der Waals surface area (Å²) in [6.07, 6.45) is 0.737. The fourth-order valence-corrected chi connectivity index (χ4v) is 1.50. The van der Waals surface area contributed by atoms with Crippen molar-refractivity contribution in [3.05, 3.63) is 28.3 Å². The van der Waals surface area contributed by atoms with Crippen LogP contribution in [0.4, 0.5) is 11.4 Å². The maximum atomic E-state index is 11.0. The van der Waals surface area contributed by atoms with Gasteiger partial charge in [0.05, 0.1) is 16.9 Å². The molecule has 1 aromatic rings. The van der Waals surface area contributed by atoms with E-state index < -0.39 is 16.3 Å². The lowest BCUT2D eigenvalue weighted by molar-refractivity contribution is -0.385. The maximum absolute atomic E-state index is 11.0. The zero-order valence-corrected chi connectivity index (χ0v) is 12.4. The van der Waals surface area contributed by atoms with Crippen molar-refractivity contribution < 1.29 is 19.6 Å². The van der Waals surface area contributed by atoms with Gasteiger partial charge in [0.2, 0.25) is 0 Å². The third-order valence-corrected chi connectivity index (χ3v) is 2.93. The minimum atomic E-state index is -0.938. The minimum Gasteiger partial charge on any atom is -0.487 e. The van der Waals surface area contributed by atoms with E-state index in [0.717, 1.165) is 6.42 Å². The Balaban J connectivity index is 2.89. The average Bonchev–Trinajstić information content (AvgIpc) is 2.42. The topological polar surface area (TPSA) is 102 Å². The lowest BCUT2D eigenvalue weighted by Gasteiger charge is -2.20. The van der Waals surface area contributed by atoms with Gasteiger partial charge in [0.15, 0.2) is 5.75 Å². The first-order valence-electron chi connectivity index (χ1n) is 6.66. The van der Waals surface area contributed by atoms with E-state index >= 15 is 0 Å². The number of nitrogens with one attached hydrogen (secondary N) is 1. The van der Waals surface area contributed by atoms with E-state index in [0.29, 0.717) is 12.3 Å². The summed E-state index contributed by atoms with van der Waals surface area (Å²) in [5, 5.41) is 22.9. The van der Waals surface area contributed by atoms with Crippen LogP contribution in [-0.4, -0.2) is 29.2 Å². The monoisotopic (exact) mass is 296 g/mol. The van der Waals surface area contributed by atoms with Gasteiger partial charge in [-0.1, -0.05) is 6.92 Å². The average molecular weight is 296 g/mol. The van der Waals surface area contributed by atoms with Crippen LogP contribution in [0.2, 0.25) is 0 Å². The Morgan fingerprint density at radius 1 is 1.48 bits per heavy atom. The van der Waals surface area contributed by atoms with Crippen molar-refractivity contribution in [2.45, 2.75) is 27.2 Å². The van der Waals surface area contributed by atoms with Crippen LogP contribution >= 0.6 is 0 Å². The Bertz CT molecular complexity index is 528. The van der Waals surface area contributed by atoms with Crippen molar-refractivity contribution in [1.82, 2.24) is 0 Å². The molecule has 0 saturated heterocycles. The molecule has 0 aliphatic heterocycles. The number of nitrogens with zero attached hydrogens (tertiary/aromatic N) is 1. The summed E-state index contributed by atoms with van der Waals surface area (Å²) in [5.74, 6) is -0.737. The van der Waals surface area contributed by atoms with Crippen LogP contribution in [0.1, 0.15) is 27.2 Å². The van der Waals surface area contributed by atoms with Gasteiger partial charge >= 0.3 is 11.7 Å². The normalized spacial score (nSPS) is 11.0. The number of nitro benzene ring substituents is 1. The van der Waals surface area contributed by atoms with E-state index in [1.807, 2.05) is 6.92 Å². The highest BCUT2D eigenvalue weighted by atomic mass is 16.6. The summed E-state index contributed by atoms with van der Waals surface area (Å²) >= 11 is 0. The fraction of sp³-hybridized carbons (Fsp3) is 0.500. The number of aliphatic carboxylic acids is 1. The summed E-state index contributed by atoms with van der Waals surface area (Å²) in [7, 11) is 0. The third kappa shape index (κ3) is 4.62. The van der Waals surface area contributed by atoms with Gasteiger partial charge in [-0.25, -0.2) is 0 Å². The zero-order valence-electron chi connectivity index (χ0n) is 12.4. The predicted molar refractivity (Wildman–Crippen MR) is 78.8 cm³/mol. The molecule has 0 spiro atoms. The predicted octanol–water partition coefficient (Wildman–Crippen LogP) is 2.91. The van der Waals surface area contributed by atoms with E-state index in [4.69, 9.17) is 9.84 Å². The molecule has 2 N–H and O–H groups in total. The molecule has 0 saturated carbocycles. The van der Waals surface area contributed by atoms with Crippen molar-refractivity contribution in [3.63, 3.8) is 0 Å². The summed E-state index contributed by atoms with van der Waals surface area (Å²) < 4.78 is 5.37. The number of nitro groups is 1. The number of hydrogen-bond acceptors (Lipinski definition) is 5. The molecule has 0 aliphatic rings. The lowest BCUT2D eigenvalue weighted by Crippen LogP contribution is -2.31. The number of carboxylic acid groups (broad SMARTS) is 1. The SMILES string of the molecule is CCCOc1cc(NCC(C)(C)C(=O)O)ccc1[N+](=O)[O-]. The van der Waals surface area contributed by atoms with Gasteiger partial charge in [-0.05, 0) is 26.3 Å². The Hall–Kier alpha value is -2.31. The molecule has 0 heterocycles. The van der Waals surface area contributed by atoms with E-state index in [2.05, 4.69) is 5.32 Å². The number of anilines is 1. The van der Waals surface area contributed by atoms with Crippen molar-refractivity contribution in [3.8, 4) is 5.75 Å². The Labute approximate surface area is 123 Å². The van der Waals surface area contributed by atoms with Gasteiger partial charge in [-0.3, -0.25) is 14.9 Å². The summed E-state index contributed by atoms with van der Waals surface area (Å²) in [6, 6.07) is 4.40. The Morgan fingerprint density at radius 2 is 2.14 bits per heavy atom. The summed E-state index contributed by atoms with van der Waals surface area (Å²) in [6.45, 7) is 5.69.